The Morgan fingerprint density at radius 2 is 2.25 bits per heavy atom. The number of nitrogens with one attached hydrogen (secondary N) is 1. The van der Waals surface area contributed by atoms with Gasteiger partial charge in [0.2, 0.25) is 5.91 Å². The van der Waals surface area contributed by atoms with Crippen LogP contribution >= 0.6 is 0 Å². The van der Waals surface area contributed by atoms with Crippen molar-refractivity contribution in [1.82, 2.24) is 5.32 Å². The number of amides is 1. The Morgan fingerprint density at radius 1 is 1.56 bits per heavy atom. The highest BCUT2D eigenvalue weighted by Gasteiger charge is 2.39. The second-order valence-corrected chi connectivity index (χ2v) is 4.38. The molecule has 0 bridgehead atoms. The average molecular weight is 235 g/mol. The predicted molar refractivity (Wildman–Crippen MR) is 56.4 cm³/mol. The summed E-state index contributed by atoms with van der Waals surface area (Å²) in [6, 6.07) is -1.14. The molecule has 1 aliphatic heterocycles. The first-order chi connectivity index (χ1) is 7.42. The zero-order valence-electron chi connectivity index (χ0n) is 9.76. The quantitative estimate of drug-likeness (QED) is 0.810. The van der Waals surface area contributed by atoms with Crippen molar-refractivity contribution < 1.29 is 18.3 Å². The van der Waals surface area contributed by atoms with E-state index in [1.54, 1.807) is 0 Å². The molecular formula is C11H19F2NO2. The lowest BCUT2D eigenvalue weighted by Crippen LogP contribution is -2.47. The van der Waals surface area contributed by atoms with Crippen LogP contribution in [-0.2, 0) is 9.53 Å². The molecule has 1 heterocycles. The van der Waals surface area contributed by atoms with Crippen molar-refractivity contribution in [2.24, 2.45) is 0 Å². The summed E-state index contributed by atoms with van der Waals surface area (Å²) in [5, 5.41) is 2.23. The van der Waals surface area contributed by atoms with Crippen LogP contribution in [0.3, 0.4) is 0 Å². The molecule has 5 heteroatoms. The van der Waals surface area contributed by atoms with E-state index in [-0.39, 0.29) is 12.5 Å². The van der Waals surface area contributed by atoms with Gasteiger partial charge in [-0.2, -0.15) is 0 Å². The van der Waals surface area contributed by atoms with Crippen molar-refractivity contribution in [3.63, 3.8) is 0 Å². The third-order valence-electron chi connectivity index (χ3n) is 2.83. The first-order valence-corrected chi connectivity index (χ1v) is 5.68. The maximum Gasteiger partial charge on any atom is 0.270 e. The number of carbonyl (C=O) groups is 1. The van der Waals surface area contributed by atoms with Gasteiger partial charge in [0.1, 0.15) is 0 Å². The maximum atomic E-state index is 13.7. The molecule has 1 fully saturated rings. The van der Waals surface area contributed by atoms with Crippen molar-refractivity contribution >= 4 is 5.91 Å². The van der Waals surface area contributed by atoms with Gasteiger partial charge in [0.15, 0.2) is 0 Å². The molecule has 16 heavy (non-hydrogen) atoms. The summed E-state index contributed by atoms with van der Waals surface area (Å²) in [6.07, 6.45) is 1.88. The normalized spacial score (nSPS) is 23.9. The van der Waals surface area contributed by atoms with Crippen LogP contribution in [0.25, 0.3) is 0 Å². The molecule has 0 aromatic rings. The highest BCUT2D eigenvalue weighted by atomic mass is 19.3. The molecule has 1 N–H and O–H groups in total. The molecule has 1 aliphatic rings. The van der Waals surface area contributed by atoms with Gasteiger partial charge in [-0.15, -0.1) is 0 Å². The average Bonchev–Trinajstić information content (AvgIpc) is 2.17. The van der Waals surface area contributed by atoms with Crippen molar-refractivity contribution in [3.05, 3.63) is 0 Å². The topological polar surface area (TPSA) is 38.3 Å². The standard InChI is InChI=1S/C11H19F2NO2/c1-8(14-9(2)15)11(12,13)7-10-5-3-4-6-16-10/h8,10H,3-7H2,1-2H3,(H,14,15)/t8-,10?/m0/s1. The van der Waals surface area contributed by atoms with Gasteiger partial charge in [-0.3, -0.25) is 4.79 Å². The van der Waals surface area contributed by atoms with E-state index < -0.39 is 17.9 Å². The van der Waals surface area contributed by atoms with Gasteiger partial charge in [-0.25, -0.2) is 8.78 Å². The molecule has 0 saturated carbocycles. The Morgan fingerprint density at radius 3 is 2.75 bits per heavy atom. The third-order valence-corrected chi connectivity index (χ3v) is 2.83. The number of carbonyl (C=O) groups excluding carboxylic acids is 1. The fourth-order valence-corrected chi connectivity index (χ4v) is 1.86. The Bertz CT molecular complexity index is 240. The molecular weight excluding hydrogens is 216 g/mol. The molecule has 3 nitrogen and oxygen atoms in total. The fraction of sp³-hybridized carbons (Fsp3) is 0.909. The van der Waals surface area contributed by atoms with Gasteiger partial charge in [0, 0.05) is 20.0 Å². The van der Waals surface area contributed by atoms with Crippen molar-refractivity contribution in [1.29, 1.82) is 0 Å². The summed E-state index contributed by atoms with van der Waals surface area (Å²) in [6.45, 7) is 3.13. The predicted octanol–water partition coefficient (Wildman–Crippen LogP) is 2.11. The van der Waals surface area contributed by atoms with Crippen molar-refractivity contribution in [3.8, 4) is 0 Å². The zero-order chi connectivity index (χ0) is 12.2. The molecule has 2 atom stereocenters. The van der Waals surface area contributed by atoms with Crippen LogP contribution in [0, 0.1) is 0 Å². The highest BCUT2D eigenvalue weighted by Crippen LogP contribution is 2.29. The largest absolute Gasteiger partial charge is 0.378 e. The smallest absolute Gasteiger partial charge is 0.270 e. The van der Waals surface area contributed by atoms with Gasteiger partial charge in [-0.05, 0) is 26.2 Å². The summed E-state index contributed by atoms with van der Waals surface area (Å²) in [5.41, 5.74) is 0. The Balaban J connectivity index is 2.45. The fourth-order valence-electron chi connectivity index (χ4n) is 1.86. The lowest BCUT2D eigenvalue weighted by molar-refractivity contribution is -0.127. The number of ether oxygens (including phenoxy) is 1. The lowest BCUT2D eigenvalue weighted by atomic mass is 9.99. The minimum absolute atomic E-state index is 0.311. The molecule has 1 saturated heterocycles. The lowest BCUT2D eigenvalue weighted by Gasteiger charge is -2.30. The highest BCUT2D eigenvalue weighted by molar-refractivity contribution is 5.73. The maximum absolute atomic E-state index is 13.7. The summed E-state index contributed by atoms with van der Waals surface area (Å²) >= 11 is 0. The molecule has 0 spiro atoms. The summed E-state index contributed by atoms with van der Waals surface area (Å²) in [4.78, 5) is 10.7. The van der Waals surface area contributed by atoms with Crippen LogP contribution in [0.5, 0.6) is 0 Å². The summed E-state index contributed by atoms with van der Waals surface area (Å²) < 4.78 is 32.6. The van der Waals surface area contributed by atoms with Gasteiger partial charge in [-0.1, -0.05) is 0 Å². The van der Waals surface area contributed by atoms with E-state index in [0.717, 1.165) is 12.8 Å². The molecule has 0 aromatic carbocycles. The number of rotatable bonds is 4. The number of alkyl halides is 2. The van der Waals surface area contributed by atoms with Crippen LogP contribution in [0.1, 0.15) is 39.5 Å². The SMILES string of the molecule is CC(=O)N[C@@H](C)C(F)(F)CC1CCCCO1. The van der Waals surface area contributed by atoms with E-state index in [9.17, 15) is 13.6 Å². The van der Waals surface area contributed by atoms with Gasteiger partial charge < -0.3 is 10.1 Å². The molecule has 0 aliphatic carbocycles. The minimum atomic E-state index is -2.91. The minimum Gasteiger partial charge on any atom is -0.378 e. The Kier molecular flexibility index (Phi) is 4.65. The van der Waals surface area contributed by atoms with E-state index >= 15 is 0 Å². The first kappa shape index (κ1) is 13.4. The van der Waals surface area contributed by atoms with Gasteiger partial charge in [0.25, 0.3) is 5.92 Å². The van der Waals surface area contributed by atoms with Crippen LogP contribution in [0.2, 0.25) is 0 Å². The van der Waals surface area contributed by atoms with Crippen LogP contribution < -0.4 is 5.32 Å². The molecule has 1 unspecified atom stereocenters. The van der Waals surface area contributed by atoms with Crippen LogP contribution in [-0.4, -0.2) is 30.6 Å². The molecule has 94 valence electrons. The number of hydrogen-bond acceptors (Lipinski definition) is 2. The summed E-state index contributed by atoms with van der Waals surface area (Å²) in [5.74, 6) is -3.34. The number of halogens is 2. The van der Waals surface area contributed by atoms with Crippen molar-refractivity contribution in [2.45, 2.75) is 57.6 Å². The second-order valence-electron chi connectivity index (χ2n) is 4.38. The molecule has 0 aromatic heterocycles. The first-order valence-electron chi connectivity index (χ1n) is 5.68. The van der Waals surface area contributed by atoms with E-state index in [1.807, 2.05) is 0 Å². The zero-order valence-corrected chi connectivity index (χ0v) is 9.76. The van der Waals surface area contributed by atoms with E-state index in [4.69, 9.17) is 4.74 Å². The van der Waals surface area contributed by atoms with Crippen molar-refractivity contribution in [2.75, 3.05) is 6.61 Å². The third kappa shape index (κ3) is 4.04. The monoisotopic (exact) mass is 235 g/mol. The van der Waals surface area contributed by atoms with E-state index in [2.05, 4.69) is 5.32 Å². The Labute approximate surface area is 94.5 Å². The van der Waals surface area contributed by atoms with Crippen LogP contribution in [0.15, 0.2) is 0 Å². The summed E-state index contributed by atoms with van der Waals surface area (Å²) in [7, 11) is 0. The number of hydrogen-bond donors (Lipinski definition) is 1. The van der Waals surface area contributed by atoms with Gasteiger partial charge >= 0.3 is 0 Å². The molecule has 1 rings (SSSR count). The second kappa shape index (κ2) is 5.57. The van der Waals surface area contributed by atoms with E-state index in [0.29, 0.717) is 13.0 Å². The molecule has 0 radical (unpaired) electrons. The van der Waals surface area contributed by atoms with E-state index in [1.165, 1.54) is 13.8 Å². The Hall–Kier alpha value is -0.710. The van der Waals surface area contributed by atoms with Gasteiger partial charge in [0.05, 0.1) is 12.1 Å². The molecule has 1 amide bonds. The van der Waals surface area contributed by atoms with Crippen LogP contribution in [0.4, 0.5) is 8.78 Å².